The minimum absolute atomic E-state index is 0. The third-order valence-electron chi connectivity index (χ3n) is 0. The normalized spacial score (nSPS) is 0. The quantitative estimate of drug-likeness (QED) is 0.217. The van der Waals surface area contributed by atoms with Crippen LogP contribution in [-0.4, -0.2) is 13.9 Å². The SMILES string of the molecule is F.O.[B+3].[F-].[F-].[F-]. The Morgan fingerprint density at radius 3 is 0.667 bits per heavy atom. The average Bonchev–Trinajstić information content (AvgIpc) is 0. The zero-order chi connectivity index (χ0) is 0. The second kappa shape index (κ2) is 1020. The van der Waals surface area contributed by atoms with E-state index in [1.165, 1.54) is 0 Å². The molecule has 1 nitrogen and oxygen atoms in total. The van der Waals surface area contributed by atoms with Gasteiger partial charge >= 0.3 is 8.41 Å². The van der Waals surface area contributed by atoms with E-state index in [9.17, 15) is 0 Å². The van der Waals surface area contributed by atoms with Crippen LogP contribution in [0.25, 0.3) is 0 Å². The summed E-state index contributed by atoms with van der Waals surface area (Å²) in [5.41, 5.74) is 0. The predicted molar refractivity (Wildman–Crippen MR) is 11.9 cm³/mol. The molecule has 0 bridgehead atoms. The molecule has 0 saturated carbocycles. The number of hydrogen-bond acceptors (Lipinski definition) is 0. The first kappa shape index (κ1) is 1990. The standard InChI is InChI=1S/B.4FH.H2O/h;4*1H;1H2/q+3;;;;;/p-3. The van der Waals surface area contributed by atoms with E-state index in [0.717, 1.165) is 0 Å². The number of rotatable bonds is 0. The molecule has 0 aromatic rings. The largest absolute Gasteiger partial charge is 3.00 e. The van der Waals surface area contributed by atoms with Crippen LogP contribution in [0.2, 0.25) is 0 Å². The van der Waals surface area contributed by atoms with Gasteiger partial charge in [0, 0.05) is 0 Å². The van der Waals surface area contributed by atoms with Crippen molar-refractivity contribution in [1.29, 1.82) is 0 Å². The van der Waals surface area contributed by atoms with E-state index in [0.29, 0.717) is 0 Å². The second-order valence-electron chi connectivity index (χ2n) is 0. The Kier molecular flexibility index (Phi) is 339000. The Labute approximate surface area is 34.1 Å². The van der Waals surface area contributed by atoms with Gasteiger partial charge in [-0.25, -0.2) is 0 Å². The van der Waals surface area contributed by atoms with Crippen LogP contribution in [0.4, 0.5) is 4.70 Å². The first-order valence-corrected chi connectivity index (χ1v) is 0. The van der Waals surface area contributed by atoms with Crippen LogP contribution < -0.4 is 14.1 Å². The fraction of sp³-hybridized carbons (Fsp3) is 0. The molecule has 0 fully saturated rings. The van der Waals surface area contributed by atoms with E-state index in [1.807, 2.05) is 0 Å². The number of halogens is 4. The van der Waals surface area contributed by atoms with Crippen molar-refractivity contribution in [3.8, 4) is 0 Å². The summed E-state index contributed by atoms with van der Waals surface area (Å²) in [7, 11) is 0. The van der Waals surface area contributed by atoms with Crippen LogP contribution in [0.1, 0.15) is 0 Å². The van der Waals surface area contributed by atoms with E-state index in [4.69, 9.17) is 0 Å². The minimum atomic E-state index is 0. The predicted octanol–water partition coefficient (Wildman–Crippen LogP) is -10.0. The molecule has 0 unspecified atom stereocenters. The summed E-state index contributed by atoms with van der Waals surface area (Å²) in [6, 6.07) is 0. The maximum Gasteiger partial charge on any atom is 3.00 e. The summed E-state index contributed by atoms with van der Waals surface area (Å²) in [5.74, 6) is 0. The molecule has 0 rings (SSSR count). The molecule has 0 saturated heterocycles. The van der Waals surface area contributed by atoms with Crippen molar-refractivity contribution in [2.75, 3.05) is 0 Å². The van der Waals surface area contributed by atoms with Gasteiger partial charge in [-0.2, -0.15) is 0 Å². The maximum absolute atomic E-state index is 0. The Hall–Kier alpha value is -0.255. The van der Waals surface area contributed by atoms with Gasteiger partial charge in [0.1, 0.15) is 0 Å². The van der Waals surface area contributed by atoms with Crippen molar-refractivity contribution in [1.82, 2.24) is 0 Å². The molecule has 0 aliphatic heterocycles. The van der Waals surface area contributed by atoms with Gasteiger partial charge in [0.25, 0.3) is 0 Å². The van der Waals surface area contributed by atoms with Crippen molar-refractivity contribution in [2.24, 2.45) is 0 Å². The zero-order valence-electron chi connectivity index (χ0n) is 2.62. The van der Waals surface area contributed by atoms with Crippen LogP contribution >= 0.6 is 0 Å². The first-order chi connectivity index (χ1) is 0. The van der Waals surface area contributed by atoms with Crippen LogP contribution in [0.5, 0.6) is 0 Å². The third kappa shape index (κ3) is 434. The topological polar surface area (TPSA) is 31.5 Å². The molecule has 0 heterocycles. The molecule has 0 aromatic carbocycles. The van der Waals surface area contributed by atoms with E-state index < -0.39 is 0 Å². The Balaban J connectivity index is 0. The van der Waals surface area contributed by atoms with Crippen molar-refractivity contribution in [3.05, 3.63) is 0 Å². The van der Waals surface area contributed by atoms with E-state index >= 15 is 0 Å². The van der Waals surface area contributed by atoms with Crippen LogP contribution in [0.3, 0.4) is 0 Å². The van der Waals surface area contributed by atoms with Crippen LogP contribution in [-0.2, 0) is 0 Å². The number of hydrogen-bond donors (Lipinski definition) is 0. The van der Waals surface area contributed by atoms with Crippen LogP contribution in [0.15, 0.2) is 0 Å². The molecule has 0 amide bonds. The Bertz CT molecular complexity index is 7.51. The third-order valence-corrected chi connectivity index (χ3v) is 0. The molecule has 40 valence electrons. The molecule has 6 heavy (non-hydrogen) atoms. The van der Waals surface area contributed by atoms with Gasteiger partial charge in [0.05, 0.1) is 0 Å². The summed E-state index contributed by atoms with van der Waals surface area (Å²) < 4.78 is 0. The summed E-state index contributed by atoms with van der Waals surface area (Å²) in [4.78, 5) is 0. The Morgan fingerprint density at radius 2 is 0.667 bits per heavy atom. The molecular weight excluding hydrogens is 103 g/mol. The summed E-state index contributed by atoms with van der Waals surface area (Å²) >= 11 is 0. The fourth-order valence-corrected chi connectivity index (χ4v) is 0. The van der Waals surface area contributed by atoms with Crippen LogP contribution in [0, 0.1) is 0 Å². The zero-order valence-corrected chi connectivity index (χ0v) is 2.62. The van der Waals surface area contributed by atoms with Gasteiger partial charge in [-0.3, -0.25) is 4.70 Å². The van der Waals surface area contributed by atoms with E-state index in [1.54, 1.807) is 0 Å². The molecule has 0 atom stereocenters. The molecule has 0 aliphatic carbocycles. The van der Waals surface area contributed by atoms with Gasteiger partial charge < -0.3 is 19.6 Å². The van der Waals surface area contributed by atoms with E-state index in [-0.39, 0.29) is 32.7 Å². The van der Waals surface area contributed by atoms with Gasteiger partial charge in [-0.1, -0.05) is 0 Å². The second-order valence-corrected chi connectivity index (χ2v) is 0. The summed E-state index contributed by atoms with van der Waals surface area (Å²) in [6.45, 7) is 0. The molecule has 2 N–H and O–H groups in total. The van der Waals surface area contributed by atoms with Crippen molar-refractivity contribution in [2.45, 2.75) is 0 Å². The molecular formula is H3BF4O. The van der Waals surface area contributed by atoms with Crippen molar-refractivity contribution < 1.29 is 24.3 Å². The van der Waals surface area contributed by atoms with Gasteiger partial charge in [0.2, 0.25) is 0 Å². The molecule has 0 spiro atoms. The van der Waals surface area contributed by atoms with Crippen molar-refractivity contribution in [3.63, 3.8) is 0 Å². The monoisotopic (exact) mass is 106 g/mol. The van der Waals surface area contributed by atoms with Gasteiger partial charge in [0.15, 0.2) is 0 Å². The van der Waals surface area contributed by atoms with E-state index in [2.05, 4.69) is 0 Å². The van der Waals surface area contributed by atoms with Gasteiger partial charge in [-0.15, -0.1) is 0 Å². The molecule has 0 radical (unpaired) electrons. The van der Waals surface area contributed by atoms with Gasteiger partial charge in [-0.05, 0) is 0 Å². The minimum Gasteiger partial charge on any atom is -1.00 e. The summed E-state index contributed by atoms with van der Waals surface area (Å²) in [6.07, 6.45) is 0. The molecule has 0 aliphatic rings. The van der Waals surface area contributed by atoms with Crippen molar-refractivity contribution >= 4 is 8.41 Å². The summed E-state index contributed by atoms with van der Waals surface area (Å²) in [5, 5.41) is 0. The maximum atomic E-state index is 0. The first-order valence-electron chi connectivity index (χ1n) is 0. The Morgan fingerprint density at radius 1 is 0.667 bits per heavy atom. The smallest absolute Gasteiger partial charge is 1.00 e. The molecule has 6 heteroatoms. The average molecular weight is 106 g/mol. The fourth-order valence-electron chi connectivity index (χ4n) is 0. The molecule has 0 aromatic heterocycles.